The molecule has 7 heterocycles. The van der Waals surface area contributed by atoms with Gasteiger partial charge in [0, 0.05) is 43.3 Å². The minimum Gasteiger partial charge on any atom is -0.468 e. The van der Waals surface area contributed by atoms with Gasteiger partial charge in [-0.05, 0) is 162 Å². The van der Waals surface area contributed by atoms with Crippen LogP contribution in [0.4, 0.5) is 9.59 Å². The van der Waals surface area contributed by atoms with E-state index in [1.807, 2.05) is 27.7 Å². The van der Waals surface area contributed by atoms with Crippen LogP contribution in [0.3, 0.4) is 0 Å². The van der Waals surface area contributed by atoms with Crippen molar-refractivity contribution >= 4 is 62.1 Å². The van der Waals surface area contributed by atoms with Crippen LogP contribution in [0.5, 0.6) is 0 Å². The monoisotopic (exact) mass is 1150 g/mol. The summed E-state index contributed by atoms with van der Waals surface area (Å²) >= 11 is 0. The van der Waals surface area contributed by atoms with Crippen LogP contribution in [-0.4, -0.2) is 182 Å². The van der Waals surface area contributed by atoms with E-state index in [0.717, 1.165) is 51.5 Å². The molecule has 7 aliphatic rings. The van der Waals surface area contributed by atoms with Crippen molar-refractivity contribution in [1.82, 2.24) is 36.5 Å². The Balaban J connectivity index is 0.000000274. The summed E-state index contributed by atoms with van der Waals surface area (Å²) in [5.74, 6) is -2.83. The van der Waals surface area contributed by atoms with Gasteiger partial charge in [0.05, 0.1) is 43.2 Å². The fraction of sp³-hybridized carbons (Fsp3) is 0.855. The van der Waals surface area contributed by atoms with Gasteiger partial charge >= 0.3 is 44.3 Å². The van der Waals surface area contributed by atoms with Gasteiger partial charge in [-0.25, -0.2) is 24.0 Å². The molecule has 7 aliphatic heterocycles. The van der Waals surface area contributed by atoms with Crippen molar-refractivity contribution in [3.63, 3.8) is 0 Å². The minimum atomic E-state index is -1.05. The predicted molar refractivity (Wildman–Crippen MR) is 301 cm³/mol. The van der Waals surface area contributed by atoms with Gasteiger partial charge in [0.25, 0.3) is 11.8 Å². The largest absolute Gasteiger partial charge is 0.468 e. The average Bonchev–Trinajstić information content (AvgIpc) is 3.41. The molecule has 7 fully saturated rings. The molecule has 0 saturated carbocycles. The standard InChI is InChI=1S/C25H44BN3O7.C17H31BN2O4.C12H18N2O6.CH4/c1-17(28-20(32)34-21(2,3)4)18(30)29-15-24(12-14-27-25(24,16-29)19(31)33-9)11-10-13-26-35-22(5,6)23(7,8)36-26;1-14(2)15(3,4)24-18(23-14)9-6-7-16-8-10-20-17(16,12-19-11-16)13(21)22-5;1-7(13-11(18)19-12(2,3)4)10(17)20-14-8(15)5-6-9(14)16;/h17,27H,10-16H2,1-9H3,(H,28,32);19-20H,6-12H2,1-5H3;7H,5-6H2,1-4H3,(H,13,18);1H4/t17-,24+,25+;16-,17-;7-;/m010./s1. The second kappa shape index (κ2) is 25.7. The number of ether oxygens (including phenoxy) is 4. The summed E-state index contributed by atoms with van der Waals surface area (Å²) in [5, 5.41) is 15.5. The van der Waals surface area contributed by atoms with Crippen LogP contribution in [-0.2, 0) is 71.2 Å². The van der Waals surface area contributed by atoms with Crippen molar-refractivity contribution < 1.29 is 80.8 Å². The lowest BCUT2D eigenvalue weighted by molar-refractivity contribution is -0.198. The van der Waals surface area contributed by atoms with Crippen molar-refractivity contribution in [1.29, 1.82) is 0 Å². The van der Waals surface area contributed by atoms with Crippen molar-refractivity contribution in [2.24, 2.45) is 10.8 Å². The molecule has 0 aromatic rings. The number of hydrogen-bond donors (Lipinski definition) is 5. The molecule has 0 unspecified atom stereocenters. The van der Waals surface area contributed by atoms with E-state index in [0.29, 0.717) is 37.4 Å². The summed E-state index contributed by atoms with van der Waals surface area (Å²) in [6, 6.07) is -1.85. The molecule has 0 radical (unpaired) electrons. The lowest BCUT2D eigenvalue weighted by Crippen LogP contribution is -2.59. The van der Waals surface area contributed by atoms with Gasteiger partial charge in [0.1, 0.15) is 34.4 Å². The molecule has 7 rings (SSSR count). The molecule has 5 N–H and O–H groups in total. The van der Waals surface area contributed by atoms with E-state index in [1.54, 1.807) is 53.4 Å². The molecule has 0 spiro atoms. The fourth-order valence-electron chi connectivity index (χ4n) is 11.6. The third-order valence-electron chi connectivity index (χ3n) is 17.2. The number of imide groups is 1. The molecule has 0 aromatic carbocycles. The number of fused-ring (bicyclic) bond motifs is 2. The van der Waals surface area contributed by atoms with E-state index in [-0.39, 0.29) is 75.5 Å². The Labute approximate surface area is 481 Å². The Kier molecular flexibility index (Phi) is 21.9. The van der Waals surface area contributed by atoms with Gasteiger partial charge in [-0.2, -0.15) is 0 Å². The van der Waals surface area contributed by atoms with Crippen molar-refractivity contribution in [3.8, 4) is 0 Å². The van der Waals surface area contributed by atoms with Crippen LogP contribution >= 0.6 is 0 Å². The van der Waals surface area contributed by atoms with Gasteiger partial charge in [-0.15, -0.1) is 5.06 Å². The summed E-state index contributed by atoms with van der Waals surface area (Å²) in [6.45, 7) is 33.4. The van der Waals surface area contributed by atoms with Gasteiger partial charge < -0.3 is 68.6 Å². The number of hydroxylamine groups is 2. The number of hydrogen-bond acceptors (Lipinski definition) is 20. The molecule has 0 bridgehead atoms. The number of nitrogens with zero attached hydrogens (tertiary/aromatic N) is 2. The van der Waals surface area contributed by atoms with E-state index in [4.69, 9.17) is 37.6 Å². The van der Waals surface area contributed by atoms with Crippen molar-refractivity contribution in [2.75, 3.05) is 53.5 Å². The second-order valence-corrected chi connectivity index (χ2v) is 26.4. The average molecular weight is 1150 g/mol. The molecule has 6 atom stereocenters. The summed E-state index contributed by atoms with van der Waals surface area (Å²) in [4.78, 5) is 103. The fourth-order valence-corrected chi connectivity index (χ4v) is 11.6. The zero-order valence-corrected chi connectivity index (χ0v) is 51.0. The van der Waals surface area contributed by atoms with Crippen LogP contribution in [0.1, 0.15) is 170 Å². The highest BCUT2D eigenvalue weighted by atomic mass is 16.7. The number of amides is 5. The first-order chi connectivity index (χ1) is 36.8. The first-order valence-electron chi connectivity index (χ1n) is 28.2. The summed E-state index contributed by atoms with van der Waals surface area (Å²) < 4.78 is 45.1. The maximum absolute atomic E-state index is 13.3. The van der Waals surface area contributed by atoms with Crippen molar-refractivity contribution in [2.45, 2.75) is 239 Å². The van der Waals surface area contributed by atoms with Crippen LogP contribution in [0, 0.1) is 10.8 Å². The highest BCUT2D eigenvalue weighted by Crippen LogP contribution is 2.51. The smallest absolute Gasteiger partial charge is 0.457 e. The molecular weight excluding hydrogens is 1050 g/mol. The predicted octanol–water partition coefficient (Wildman–Crippen LogP) is 5.00. The van der Waals surface area contributed by atoms with Crippen LogP contribution in [0.25, 0.3) is 0 Å². The Bertz CT molecular complexity index is 2250. The lowest BCUT2D eigenvalue weighted by atomic mass is 9.67. The molecule has 26 heteroatoms. The molecule has 0 aromatic heterocycles. The van der Waals surface area contributed by atoms with Gasteiger partial charge in [-0.1, -0.05) is 20.3 Å². The van der Waals surface area contributed by atoms with E-state index >= 15 is 0 Å². The second-order valence-electron chi connectivity index (χ2n) is 26.4. The van der Waals surface area contributed by atoms with E-state index in [2.05, 4.69) is 59.1 Å². The summed E-state index contributed by atoms with van der Waals surface area (Å²) in [6.07, 6.45) is 5.28. The van der Waals surface area contributed by atoms with E-state index in [9.17, 15) is 38.4 Å². The third kappa shape index (κ3) is 15.4. The van der Waals surface area contributed by atoms with Gasteiger partial charge in [0.15, 0.2) is 0 Å². The van der Waals surface area contributed by atoms with E-state index in [1.165, 1.54) is 21.1 Å². The van der Waals surface area contributed by atoms with Gasteiger partial charge in [0.2, 0.25) is 5.91 Å². The first-order valence-corrected chi connectivity index (χ1v) is 28.2. The molecule has 24 nitrogen and oxygen atoms in total. The zero-order chi connectivity index (χ0) is 60.3. The lowest BCUT2D eigenvalue weighted by Gasteiger charge is -2.37. The van der Waals surface area contributed by atoms with Crippen LogP contribution in [0.2, 0.25) is 12.6 Å². The quantitative estimate of drug-likeness (QED) is 0.0624. The van der Waals surface area contributed by atoms with Crippen molar-refractivity contribution in [3.05, 3.63) is 0 Å². The Hall–Kier alpha value is -4.59. The maximum atomic E-state index is 13.3. The SMILES string of the molecule is C.COC(=O)[C@]12CN(C(=O)[C@H](C)NC(=O)OC(C)(C)C)C[C@@]1(CCCB1OC(C)(C)C(C)(C)O1)CCN2.COC(=O)[C@]12CNC[C@@]1(CCCB1OC(C)(C)C(C)(C)O1)CCN2.C[C@H](NC(=O)OC(C)(C)C)C(=O)ON1C(=O)CCC1=O. The molecule has 460 valence electrons. The number of carbonyl (C=O) groups excluding carboxylic acids is 8. The topological polar surface area (TPSA) is 286 Å². The van der Waals surface area contributed by atoms with Crippen LogP contribution in [0.15, 0.2) is 0 Å². The van der Waals surface area contributed by atoms with E-state index < -0.39 is 81.0 Å². The van der Waals surface area contributed by atoms with Crippen LogP contribution < -0.4 is 26.6 Å². The highest BCUT2D eigenvalue weighted by Gasteiger charge is 2.67. The summed E-state index contributed by atoms with van der Waals surface area (Å²) in [5.41, 5.74) is -4.83. The van der Waals surface area contributed by atoms with Gasteiger partial charge in [-0.3, -0.25) is 19.7 Å². The number of alkyl carbamates (subject to hydrolysis) is 2. The molecule has 0 aliphatic carbocycles. The number of carbonyl (C=O) groups is 8. The minimum absolute atomic E-state index is 0. The Morgan fingerprint density at radius 2 is 1.02 bits per heavy atom. The Morgan fingerprint density at radius 3 is 1.47 bits per heavy atom. The number of rotatable bonds is 15. The number of nitrogens with one attached hydrogen (secondary N) is 5. The highest BCUT2D eigenvalue weighted by molar-refractivity contribution is 6.45. The third-order valence-corrected chi connectivity index (χ3v) is 17.2. The molecule has 81 heavy (non-hydrogen) atoms. The maximum Gasteiger partial charge on any atom is 0.457 e. The molecule has 7 saturated heterocycles. The summed E-state index contributed by atoms with van der Waals surface area (Å²) in [7, 11) is 2.38. The molecular formula is C55H97B2N7O17. The Morgan fingerprint density at radius 1 is 0.617 bits per heavy atom. The first kappa shape index (κ1) is 68.9. The normalized spacial score (nSPS) is 28.2. The number of esters is 2. The number of likely N-dealkylation sites (tertiary alicyclic amines) is 1. The number of methoxy groups -OCH3 is 2. The zero-order valence-electron chi connectivity index (χ0n) is 51.0. The molecule has 5 amide bonds.